The van der Waals surface area contributed by atoms with Gasteiger partial charge in [-0.1, -0.05) is 35.9 Å². The predicted octanol–water partition coefficient (Wildman–Crippen LogP) is 3.93. The van der Waals surface area contributed by atoms with Crippen molar-refractivity contribution in [2.75, 3.05) is 5.73 Å². The van der Waals surface area contributed by atoms with Crippen LogP contribution >= 0.6 is 11.6 Å². The molecule has 0 fully saturated rings. The fourth-order valence-corrected chi connectivity index (χ4v) is 2.82. The van der Waals surface area contributed by atoms with Gasteiger partial charge in [-0.2, -0.15) is 5.26 Å². The van der Waals surface area contributed by atoms with Crippen molar-refractivity contribution >= 4 is 17.5 Å². The van der Waals surface area contributed by atoms with Crippen LogP contribution in [0.25, 0.3) is 22.5 Å². The predicted molar refractivity (Wildman–Crippen MR) is 94.3 cm³/mol. The average molecular weight is 336 g/mol. The number of aromatic nitrogens is 3. The number of hydrogen-bond acceptors (Lipinski definition) is 5. The third kappa shape index (κ3) is 2.80. The third-order valence-electron chi connectivity index (χ3n) is 3.84. The first-order chi connectivity index (χ1) is 11.5. The van der Waals surface area contributed by atoms with Crippen molar-refractivity contribution in [3.8, 4) is 28.6 Å². The zero-order valence-electron chi connectivity index (χ0n) is 13.2. The number of rotatable bonds is 2. The molecule has 0 atom stereocenters. The highest BCUT2D eigenvalue weighted by Gasteiger charge is 2.17. The molecule has 0 aliphatic heterocycles. The number of nitriles is 1. The van der Waals surface area contributed by atoms with Gasteiger partial charge in [0, 0.05) is 16.1 Å². The molecular weight excluding hydrogens is 322 g/mol. The number of anilines is 1. The molecule has 2 N–H and O–H groups in total. The van der Waals surface area contributed by atoms with Crippen molar-refractivity contribution in [2.24, 2.45) is 0 Å². The van der Waals surface area contributed by atoms with Gasteiger partial charge >= 0.3 is 0 Å². The Morgan fingerprint density at radius 2 is 1.88 bits per heavy atom. The quantitative estimate of drug-likeness (QED) is 0.766. The van der Waals surface area contributed by atoms with Crippen LogP contribution in [0.4, 0.5) is 5.95 Å². The van der Waals surface area contributed by atoms with E-state index < -0.39 is 0 Å². The maximum Gasteiger partial charge on any atom is 0.240 e. The smallest absolute Gasteiger partial charge is 0.240 e. The minimum absolute atomic E-state index is 0.0824. The summed E-state index contributed by atoms with van der Waals surface area (Å²) in [6, 6.07) is 13.3. The Hall–Kier alpha value is -2.97. The largest absolute Gasteiger partial charge is 0.366 e. The lowest BCUT2D eigenvalue weighted by molar-refractivity contribution is 0.995. The normalized spacial score (nSPS) is 10.4. The minimum atomic E-state index is 0.0824. The molecule has 0 saturated heterocycles. The molecular formula is C18H14ClN5. The SMILES string of the molecule is Cc1ccc(-c2nnc(N)nc2-c2cccc(Cl)c2)c(C)c1C#N. The van der Waals surface area contributed by atoms with Gasteiger partial charge in [0.25, 0.3) is 0 Å². The van der Waals surface area contributed by atoms with E-state index in [4.69, 9.17) is 17.3 Å². The lowest BCUT2D eigenvalue weighted by Crippen LogP contribution is -2.04. The minimum Gasteiger partial charge on any atom is -0.366 e. The van der Waals surface area contributed by atoms with E-state index in [1.807, 2.05) is 38.1 Å². The molecule has 3 aromatic rings. The lowest BCUT2D eigenvalue weighted by atomic mass is 9.94. The number of nitrogens with two attached hydrogens (primary N) is 1. The van der Waals surface area contributed by atoms with Crippen LogP contribution in [0.3, 0.4) is 0 Å². The zero-order valence-corrected chi connectivity index (χ0v) is 14.0. The summed E-state index contributed by atoms with van der Waals surface area (Å²) in [4.78, 5) is 4.34. The van der Waals surface area contributed by atoms with Crippen LogP contribution in [0.5, 0.6) is 0 Å². The molecule has 1 aromatic heterocycles. The van der Waals surface area contributed by atoms with Gasteiger partial charge in [-0.3, -0.25) is 0 Å². The van der Waals surface area contributed by atoms with E-state index in [0.29, 0.717) is 22.0 Å². The van der Waals surface area contributed by atoms with Crippen molar-refractivity contribution in [3.05, 3.63) is 58.1 Å². The van der Waals surface area contributed by atoms with Gasteiger partial charge < -0.3 is 5.73 Å². The van der Waals surface area contributed by atoms with E-state index in [1.54, 1.807) is 12.1 Å². The Labute approximate surface area is 144 Å². The Balaban J connectivity index is 2.29. The van der Waals surface area contributed by atoms with E-state index in [-0.39, 0.29) is 5.95 Å². The van der Waals surface area contributed by atoms with E-state index in [2.05, 4.69) is 21.3 Å². The first-order valence-electron chi connectivity index (χ1n) is 7.28. The molecule has 1 heterocycles. The molecule has 0 bridgehead atoms. The summed E-state index contributed by atoms with van der Waals surface area (Å²) in [6.07, 6.45) is 0. The van der Waals surface area contributed by atoms with Crippen molar-refractivity contribution in [2.45, 2.75) is 13.8 Å². The van der Waals surface area contributed by atoms with Gasteiger partial charge in [0.2, 0.25) is 5.95 Å². The highest BCUT2D eigenvalue weighted by Crippen LogP contribution is 2.33. The molecule has 0 spiro atoms. The summed E-state index contributed by atoms with van der Waals surface area (Å²) in [7, 11) is 0. The van der Waals surface area contributed by atoms with Crippen LogP contribution in [0.15, 0.2) is 36.4 Å². The number of nitrogen functional groups attached to an aromatic ring is 1. The topological polar surface area (TPSA) is 88.5 Å². The van der Waals surface area contributed by atoms with E-state index in [0.717, 1.165) is 22.3 Å². The number of hydrogen-bond donors (Lipinski definition) is 1. The van der Waals surface area contributed by atoms with Crippen LogP contribution in [0.1, 0.15) is 16.7 Å². The van der Waals surface area contributed by atoms with Crippen molar-refractivity contribution in [3.63, 3.8) is 0 Å². The van der Waals surface area contributed by atoms with Crippen molar-refractivity contribution in [1.29, 1.82) is 5.26 Å². The summed E-state index contributed by atoms with van der Waals surface area (Å²) in [5, 5.41) is 18.1. The van der Waals surface area contributed by atoms with Crippen LogP contribution in [0.2, 0.25) is 5.02 Å². The van der Waals surface area contributed by atoms with E-state index >= 15 is 0 Å². The molecule has 0 saturated carbocycles. The van der Waals surface area contributed by atoms with Crippen molar-refractivity contribution < 1.29 is 0 Å². The first-order valence-corrected chi connectivity index (χ1v) is 7.66. The number of halogens is 1. The van der Waals surface area contributed by atoms with Gasteiger partial charge in [0.05, 0.1) is 11.6 Å². The zero-order chi connectivity index (χ0) is 17.3. The van der Waals surface area contributed by atoms with E-state index in [1.165, 1.54) is 0 Å². The Morgan fingerprint density at radius 1 is 1.08 bits per heavy atom. The van der Waals surface area contributed by atoms with Gasteiger partial charge in [0.15, 0.2) is 0 Å². The fourth-order valence-electron chi connectivity index (χ4n) is 2.63. The van der Waals surface area contributed by atoms with E-state index in [9.17, 15) is 5.26 Å². The summed E-state index contributed by atoms with van der Waals surface area (Å²) < 4.78 is 0. The van der Waals surface area contributed by atoms with Gasteiger partial charge in [-0.05, 0) is 37.1 Å². The van der Waals surface area contributed by atoms with Gasteiger partial charge in [-0.15, -0.1) is 10.2 Å². The molecule has 0 unspecified atom stereocenters. The summed E-state index contributed by atoms with van der Waals surface area (Å²) in [5.41, 5.74) is 10.8. The fraction of sp³-hybridized carbons (Fsp3) is 0.111. The van der Waals surface area contributed by atoms with Crippen LogP contribution in [-0.2, 0) is 0 Å². The summed E-state index contributed by atoms with van der Waals surface area (Å²) in [5.74, 6) is 0.0824. The number of nitrogens with zero attached hydrogens (tertiary/aromatic N) is 4. The maximum absolute atomic E-state index is 9.40. The lowest BCUT2D eigenvalue weighted by Gasteiger charge is -2.12. The number of benzene rings is 2. The van der Waals surface area contributed by atoms with Crippen LogP contribution in [0, 0.1) is 25.2 Å². The highest BCUT2D eigenvalue weighted by atomic mass is 35.5. The number of aryl methyl sites for hydroxylation is 1. The molecule has 0 amide bonds. The van der Waals surface area contributed by atoms with Gasteiger partial charge in [0.1, 0.15) is 11.4 Å². The van der Waals surface area contributed by atoms with Crippen molar-refractivity contribution in [1.82, 2.24) is 15.2 Å². The molecule has 24 heavy (non-hydrogen) atoms. The Kier molecular flexibility index (Phi) is 4.15. The molecule has 0 aliphatic rings. The maximum atomic E-state index is 9.40. The summed E-state index contributed by atoms with van der Waals surface area (Å²) >= 11 is 6.09. The molecule has 2 aromatic carbocycles. The Morgan fingerprint density at radius 3 is 2.58 bits per heavy atom. The standard InChI is InChI=1S/C18H14ClN5/c1-10-6-7-14(11(2)15(10)9-20)17-16(22-18(21)24-23-17)12-4-3-5-13(19)8-12/h3-8H,1-2H3,(H2,21,22,24). The second-order valence-corrected chi connectivity index (χ2v) is 5.86. The first kappa shape index (κ1) is 15.9. The second-order valence-electron chi connectivity index (χ2n) is 5.42. The third-order valence-corrected chi connectivity index (χ3v) is 4.08. The average Bonchev–Trinajstić information content (AvgIpc) is 2.56. The summed E-state index contributed by atoms with van der Waals surface area (Å²) in [6.45, 7) is 3.79. The van der Waals surface area contributed by atoms with Crippen LogP contribution < -0.4 is 5.73 Å². The van der Waals surface area contributed by atoms with Crippen LogP contribution in [-0.4, -0.2) is 15.2 Å². The Bertz CT molecular complexity index is 976. The monoisotopic (exact) mass is 335 g/mol. The molecule has 118 valence electrons. The highest BCUT2D eigenvalue weighted by molar-refractivity contribution is 6.30. The second kappa shape index (κ2) is 6.26. The van der Waals surface area contributed by atoms with Gasteiger partial charge in [-0.25, -0.2) is 4.98 Å². The molecule has 3 rings (SSSR count). The molecule has 5 nitrogen and oxygen atoms in total. The molecule has 6 heteroatoms. The molecule has 0 radical (unpaired) electrons. The molecule has 0 aliphatic carbocycles.